The number of pyridine rings is 1. The van der Waals surface area contributed by atoms with Gasteiger partial charge in [-0.3, -0.25) is 15.1 Å². The third kappa shape index (κ3) is 1.90. The van der Waals surface area contributed by atoms with Gasteiger partial charge in [0.2, 0.25) is 0 Å². The SMILES string of the molecule is Cc1cnc(CC2(N)CC2)c(C)c1[N+](=O)[O-]. The van der Waals surface area contributed by atoms with Gasteiger partial charge in [-0.2, -0.15) is 0 Å². The quantitative estimate of drug-likeness (QED) is 0.621. The Bertz CT molecular complexity index is 453. The molecular weight excluding hydrogens is 206 g/mol. The molecule has 0 aliphatic heterocycles. The first kappa shape index (κ1) is 11.0. The van der Waals surface area contributed by atoms with E-state index in [0.717, 1.165) is 18.5 Å². The molecule has 5 heteroatoms. The van der Waals surface area contributed by atoms with Crippen LogP contribution >= 0.6 is 0 Å². The minimum Gasteiger partial charge on any atom is -0.325 e. The highest BCUT2D eigenvalue weighted by Crippen LogP contribution is 2.37. The number of nitrogens with two attached hydrogens (primary N) is 1. The predicted molar refractivity (Wildman–Crippen MR) is 60.2 cm³/mol. The van der Waals surface area contributed by atoms with Crippen LogP contribution in [0.5, 0.6) is 0 Å². The standard InChI is InChI=1S/C11H15N3O2/c1-7-6-13-9(5-11(12)3-4-11)8(2)10(7)14(15)16/h6H,3-5,12H2,1-2H3. The molecule has 1 aromatic rings. The predicted octanol–water partition coefficient (Wildman–Crippen LogP) is 1.64. The lowest BCUT2D eigenvalue weighted by Gasteiger charge is -2.11. The van der Waals surface area contributed by atoms with E-state index in [0.29, 0.717) is 17.5 Å². The van der Waals surface area contributed by atoms with Crippen molar-refractivity contribution >= 4 is 5.69 Å². The number of hydrogen-bond acceptors (Lipinski definition) is 4. The van der Waals surface area contributed by atoms with Crippen LogP contribution in [-0.4, -0.2) is 15.4 Å². The third-order valence-electron chi connectivity index (χ3n) is 3.17. The smallest absolute Gasteiger partial charge is 0.278 e. The second kappa shape index (κ2) is 3.52. The maximum atomic E-state index is 10.9. The van der Waals surface area contributed by atoms with Gasteiger partial charge in [0.25, 0.3) is 5.69 Å². The largest absolute Gasteiger partial charge is 0.325 e. The Hall–Kier alpha value is -1.49. The molecule has 0 radical (unpaired) electrons. The summed E-state index contributed by atoms with van der Waals surface area (Å²) in [7, 11) is 0. The molecule has 86 valence electrons. The summed E-state index contributed by atoms with van der Waals surface area (Å²) in [5, 5.41) is 10.9. The van der Waals surface area contributed by atoms with Crippen LogP contribution in [0, 0.1) is 24.0 Å². The van der Waals surface area contributed by atoms with Gasteiger partial charge >= 0.3 is 0 Å². The van der Waals surface area contributed by atoms with Crippen LogP contribution in [0.1, 0.15) is 29.7 Å². The van der Waals surface area contributed by atoms with Crippen LogP contribution in [-0.2, 0) is 6.42 Å². The molecule has 0 bridgehead atoms. The second-order valence-electron chi connectivity index (χ2n) is 4.66. The summed E-state index contributed by atoms with van der Waals surface area (Å²) < 4.78 is 0. The molecule has 1 fully saturated rings. The van der Waals surface area contributed by atoms with E-state index in [2.05, 4.69) is 4.98 Å². The molecule has 0 aromatic carbocycles. The molecule has 0 saturated heterocycles. The van der Waals surface area contributed by atoms with Crippen LogP contribution < -0.4 is 5.73 Å². The van der Waals surface area contributed by atoms with E-state index in [-0.39, 0.29) is 16.1 Å². The summed E-state index contributed by atoms with van der Waals surface area (Å²) >= 11 is 0. The molecule has 0 amide bonds. The van der Waals surface area contributed by atoms with E-state index in [9.17, 15) is 10.1 Å². The number of hydrogen-bond donors (Lipinski definition) is 1. The van der Waals surface area contributed by atoms with Crippen molar-refractivity contribution in [2.45, 2.75) is 38.6 Å². The van der Waals surface area contributed by atoms with Gasteiger partial charge in [-0.05, 0) is 26.7 Å². The van der Waals surface area contributed by atoms with Crippen LogP contribution in [0.25, 0.3) is 0 Å². The summed E-state index contributed by atoms with van der Waals surface area (Å²) in [5.41, 5.74) is 8.03. The molecule has 0 atom stereocenters. The Kier molecular flexibility index (Phi) is 2.42. The van der Waals surface area contributed by atoms with Crippen molar-refractivity contribution in [3.63, 3.8) is 0 Å². The molecule has 5 nitrogen and oxygen atoms in total. The summed E-state index contributed by atoms with van der Waals surface area (Å²) in [4.78, 5) is 14.8. The minimum atomic E-state index is -0.341. The Morgan fingerprint density at radius 1 is 1.56 bits per heavy atom. The molecule has 1 heterocycles. The van der Waals surface area contributed by atoms with Crippen LogP contribution in [0.2, 0.25) is 0 Å². The summed E-state index contributed by atoms with van der Waals surface area (Å²) in [6.45, 7) is 3.45. The van der Waals surface area contributed by atoms with Crippen molar-refractivity contribution in [3.8, 4) is 0 Å². The van der Waals surface area contributed by atoms with Gasteiger partial charge in [0, 0.05) is 29.3 Å². The summed E-state index contributed by atoms with van der Waals surface area (Å²) in [6, 6.07) is 0. The van der Waals surface area contributed by atoms with Crippen LogP contribution in [0.15, 0.2) is 6.20 Å². The van der Waals surface area contributed by atoms with Gasteiger partial charge in [0.15, 0.2) is 0 Å². The van der Waals surface area contributed by atoms with E-state index < -0.39 is 0 Å². The number of aromatic nitrogens is 1. The highest BCUT2D eigenvalue weighted by atomic mass is 16.6. The average Bonchev–Trinajstić information content (AvgIpc) is 2.89. The van der Waals surface area contributed by atoms with Gasteiger partial charge in [0.1, 0.15) is 0 Å². The van der Waals surface area contributed by atoms with Gasteiger partial charge in [-0.1, -0.05) is 0 Å². The Morgan fingerprint density at radius 3 is 2.69 bits per heavy atom. The van der Waals surface area contributed by atoms with Gasteiger partial charge in [0.05, 0.1) is 10.6 Å². The Balaban J connectivity index is 2.40. The van der Waals surface area contributed by atoms with E-state index >= 15 is 0 Å². The Morgan fingerprint density at radius 2 is 2.19 bits per heavy atom. The van der Waals surface area contributed by atoms with Gasteiger partial charge in [-0.15, -0.1) is 0 Å². The summed E-state index contributed by atoms with van der Waals surface area (Å²) in [6.07, 6.45) is 4.16. The molecule has 1 saturated carbocycles. The lowest BCUT2D eigenvalue weighted by atomic mass is 10.0. The molecule has 0 spiro atoms. The first-order valence-electron chi connectivity index (χ1n) is 5.31. The van der Waals surface area contributed by atoms with Crippen LogP contribution in [0.4, 0.5) is 5.69 Å². The van der Waals surface area contributed by atoms with Crippen molar-refractivity contribution in [3.05, 3.63) is 33.1 Å². The molecule has 1 aliphatic rings. The first-order chi connectivity index (χ1) is 7.43. The topological polar surface area (TPSA) is 82.0 Å². The van der Waals surface area contributed by atoms with Crippen molar-refractivity contribution in [1.82, 2.24) is 4.98 Å². The van der Waals surface area contributed by atoms with Crippen molar-refractivity contribution in [2.75, 3.05) is 0 Å². The highest BCUT2D eigenvalue weighted by molar-refractivity contribution is 5.47. The fourth-order valence-corrected chi connectivity index (χ4v) is 1.90. The maximum Gasteiger partial charge on any atom is 0.278 e. The molecule has 1 aromatic heterocycles. The molecule has 0 unspecified atom stereocenters. The van der Waals surface area contributed by atoms with E-state index in [1.165, 1.54) is 0 Å². The number of rotatable bonds is 3. The Labute approximate surface area is 93.8 Å². The van der Waals surface area contributed by atoms with Crippen molar-refractivity contribution < 1.29 is 4.92 Å². The zero-order valence-electron chi connectivity index (χ0n) is 9.49. The molecule has 2 N–H and O–H groups in total. The fourth-order valence-electron chi connectivity index (χ4n) is 1.90. The molecule has 2 rings (SSSR count). The second-order valence-corrected chi connectivity index (χ2v) is 4.66. The van der Waals surface area contributed by atoms with E-state index in [1.807, 2.05) is 0 Å². The lowest BCUT2D eigenvalue weighted by Crippen LogP contribution is -2.25. The monoisotopic (exact) mass is 221 g/mol. The minimum absolute atomic E-state index is 0.166. The van der Waals surface area contributed by atoms with E-state index in [4.69, 9.17) is 5.73 Å². The highest BCUT2D eigenvalue weighted by Gasteiger charge is 2.39. The summed E-state index contributed by atoms with van der Waals surface area (Å²) in [5.74, 6) is 0. The molecule has 1 aliphatic carbocycles. The van der Waals surface area contributed by atoms with Gasteiger partial charge < -0.3 is 5.73 Å². The zero-order chi connectivity index (χ0) is 11.9. The zero-order valence-corrected chi connectivity index (χ0v) is 9.49. The van der Waals surface area contributed by atoms with Crippen molar-refractivity contribution in [1.29, 1.82) is 0 Å². The normalized spacial score (nSPS) is 17.2. The lowest BCUT2D eigenvalue weighted by molar-refractivity contribution is -0.386. The van der Waals surface area contributed by atoms with Crippen molar-refractivity contribution in [2.24, 2.45) is 5.73 Å². The van der Waals surface area contributed by atoms with E-state index in [1.54, 1.807) is 20.0 Å². The third-order valence-corrected chi connectivity index (χ3v) is 3.17. The average molecular weight is 221 g/mol. The fraction of sp³-hybridized carbons (Fsp3) is 0.545. The molecule has 16 heavy (non-hydrogen) atoms. The number of aryl methyl sites for hydroxylation is 1. The van der Waals surface area contributed by atoms with Crippen LogP contribution in [0.3, 0.4) is 0 Å². The molecular formula is C11H15N3O2. The number of nitro groups is 1. The maximum absolute atomic E-state index is 10.9. The van der Waals surface area contributed by atoms with Gasteiger partial charge in [-0.25, -0.2) is 0 Å². The first-order valence-corrected chi connectivity index (χ1v) is 5.31. The number of nitrogens with zero attached hydrogens (tertiary/aromatic N) is 2.